The summed E-state index contributed by atoms with van der Waals surface area (Å²) in [7, 11) is 0. The zero-order chi connectivity index (χ0) is 21.9. The molecule has 4 aliphatic rings. The number of carboxylic acid groups (broad SMARTS) is 1. The summed E-state index contributed by atoms with van der Waals surface area (Å²) >= 11 is 0. The number of aliphatic hydroxyl groups is 1. The maximum Gasteiger partial charge on any atom is 0.303 e. The molecule has 0 spiro atoms. The standard InChI is InChI=1S/C19H28O2.C7H14O2/c1-18-9-7-13(20)11-12(18)3-4-14-15-5-6-17(21)19(15,2)10-8-16(14)18;1-2-3-4-5-6-7(8)9/h3,13-16,20H,4-11H2,1-2H3;2-6H2,1H3,(H,8,9)/t13-,14-,15-,16-,18-,19-;/m0./s1. The first-order valence-corrected chi connectivity index (χ1v) is 12.3. The maximum absolute atomic E-state index is 12.4. The third-order valence-corrected chi connectivity index (χ3v) is 9.03. The predicted octanol–water partition coefficient (Wildman–Crippen LogP) is 5.92. The molecule has 4 aliphatic carbocycles. The van der Waals surface area contributed by atoms with Crippen molar-refractivity contribution in [2.24, 2.45) is 28.6 Å². The van der Waals surface area contributed by atoms with E-state index in [1.807, 2.05) is 0 Å². The van der Waals surface area contributed by atoms with Gasteiger partial charge in [-0.3, -0.25) is 9.59 Å². The number of rotatable bonds is 5. The van der Waals surface area contributed by atoms with Crippen LogP contribution in [0.3, 0.4) is 0 Å². The van der Waals surface area contributed by atoms with E-state index in [9.17, 15) is 14.7 Å². The van der Waals surface area contributed by atoms with Gasteiger partial charge in [0.2, 0.25) is 0 Å². The van der Waals surface area contributed by atoms with Crippen LogP contribution in [0.25, 0.3) is 0 Å². The van der Waals surface area contributed by atoms with Gasteiger partial charge in [0.15, 0.2) is 0 Å². The van der Waals surface area contributed by atoms with Crippen molar-refractivity contribution in [3.63, 3.8) is 0 Å². The van der Waals surface area contributed by atoms with E-state index in [1.54, 1.807) is 0 Å². The number of unbranched alkanes of at least 4 members (excludes halogenated alkanes) is 3. The number of carboxylic acids is 1. The lowest BCUT2D eigenvalue weighted by Crippen LogP contribution is -2.50. The fourth-order valence-corrected chi connectivity index (χ4v) is 7.12. The zero-order valence-corrected chi connectivity index (χ0v) is 19.3. The molecule has 0 saturated heterocycles. The second-order valence-corrected chi connectivity index (χ2v) is 10.8. The van der Waals surface area contributed by atoms with Crippen LogP contribution in [0.2, 0.25) is 0 Å². The lowest BCUT2D eigenvalue weighted by atomic mass is 9.48. The molecule has 2 N–H and O–H groups in total. The van der Waals surface area contributed by atoms with E-state index in [2.05, 4.69) is 26.8 Å². The zero-order valence-electron chi connectivity index (χ0n) is 19.3. The van der Waals surface area contributed by atoms with Crippen molar-refractivity contribution in [1.29, 1.82) is 0 Å². The van der Waals surface area contributed by atoms with E-state index < -0.39 is 5.97 Å². The molecule has 6 atom stereocenters. The van der Waals surface area contributed by atoms with Gasteiger partial charge in [0.1, 0.15) is 5.78 Å². The molecule has 4 rings (SSSR count). The number of aliphatic hydroxyl groups excluding tert-OH is 1. The summed E-state index contributed by atoms with van der Waals surface area (Å²) in [5, 5.41) is 18.2. The van der Waals surface area contributed by atoms with Crippen LogP contribution in [0.5, 0.6) is 0 Å². The molecule has 0 radical (unpaired) electrons. The van der Waals surface area contributed by atoms with Crippen LogP contribution in [-0.4, -0.2) is 28.1 Å². The molecule has 0 unspecified atom stereocenters. The number of carbonyl (C=O) groups is 2. The fraction of sp³-hybridized carbons (Fsp3) is 0.846. The fourth-order valence-electron chi connectivity index (χ4n) is 7.12. The van der Waals surface area contributed by atoms with Gasteiger partial charge < -0.3 is 10.2 Å². The van der Waals surface area contributed by atoms with Gasteiger partial charge in [-0.15, -0.1) is 0 Å². The summed E-state index contributed by atoms with van der Waals surface area (Å²) < 4.78 is 0. The number of hydrogen-bond donors (Lipinski definition) is 2. The Bertz CT molecular complexity index is 668. The summed E-state index contributed by atoms with van der Waals surface area (Å²) in [4.78, 5) is 22.3. The molecule has 3 saturated carbocycles. The largest absolute Gasteiger partial charge is 0.481 e. The summed E-state index contributed by atoms with van der Waals surface area (Å²) in [6, 6.07) is 0. The molecular weight excluding hydrogens is 376 g/mol. The van der Waals surface area contributed by atoms with Gasteiger partial charge in [0, 0.05) is 18.3 Å². The second kappa shape index (κ2) is 9.54. The Kier molecular flexibility index (Phi) is 7.48. The van der Waals surface area contributed by atoms with Gasteiger partial charge in [-0.25, -0.2) is 0 Å². The van der Waals surface area contributed by atoms with E-state index in [-0.39, 0.29) is 11.5 Å². The number of carbonyl (C=O) groups excluding carboxylic acids is 1. The minimum Gasteiger partial charge on any atom is -0.481 e. The summed E-state index contributed by atoms with van der Waals surface area (Å²) in [6.45, 7) is 6.80. The molecule has 0 amide bonds. The van der Waals surface area contributed by atoms with Crippen molar-refractivity contribution in [3.05, 3.63) is 11.6 Å². The molecule has 0 aliphatic heterocycles. The van der Waals surface area contributed by atoms with E-state index >= 15 is 0 Å². The van der Waals surface area contributed by atoms with E-state index in [0.29, 0.717) is 29.5 Å². The normalized spacial score (nSPS) is 39.7. The topological polar surface area (TPSA) is 74.6 Å². The van der Waals surface area contributed by atoms with Crippen LogP contribution >= 0.6 is 0 Å². The smallest absolute Gasteiger partial charge is 0.303 e. The molecular formula is C26H42O4. The highest BCUT2D eigenvalue weighted by molar-refractivity contribution is 5.87. The van der Waals surface area contributed by atoms with Gasteiger partial charge >= 0.3 is 5.97 Å². The first-order chi connectivity index (χ1) is 14.2. The minimum absolute atomic E-state index is 0.0168. The van der Waals surface area contributed by atoms with Crippen LogP contribution in [0.4, 0.5) is 0 Å². The van der Waals surface area contributed by atoms with Crippen LogP contribution in [-0.2, 0) is 9.59 Å². The van der Waals surface area contributed by atoms with E-state index in [0.717, 1.165) is 70.1 Å². The van der Waals surface area contributed by atoms with Crippen LogP contribution in [0.1, 0.15) is 104 Å². The third kappa shape index (κ3) is 4.54. The van der Waals surface area contributed by atoms with Gasteiger partial charge in [0.05, 0.1) is 6.10 Å². The Morgan fingerprint density at radius 2 is 1.77 bits per heavy atom. The quantitative estimate of drug-likeness (QED) is 0.429. The van der Waals surface area contributed by atoms with Crippen molar-refractivity contribution in [2.45, 2.75) is 110 Å². The Morgan fingerprint density at radius 1 is 1.07 bits per heavy atom. The number of Topliss-reactive ketones (excluding diaryl/α,β-unsaturated/α-hetero) is 1. The summed E-state index contributed by atoms with van der Waals surface area (Å²) in [5.74, 6) is 1.93. The molecule has 4 nitrogen and oxygen atoms in total. The van der Waals surface area contributed by atoms with E-state index in [1.165, 1.54) is 18.4 Å². The average Bonchev–Trinajstić information content (AvgIpc) is 3.01. The molecule has 170 valence electrons. The lowest BCUT2D eigenvalue weighted by molar-refractivity contribution is -0.137. The Hall–Kier alpha value is -1.16. The molecule has 0 aromatic rings. The molecule has 0 heterocycles. The Balaban J connectivity index is 0.000000244. The number of hydrogen-bond acceptors (Lipinski definition) is 3. The first-order valence-electron chi connectivity index (χ1n) is 12.3. The Morgan fingerprint density at radius 3 is 2.47 bits per heavy atom. The monoisotopic (exact) mass is 418 g/mol. The number of fused-ring (bicyclic) bond motifs is 5. The van der Waals surface area contributed by atoms with Crippen molar-refractivity contribution in [2.75, 3.05) is 0 Å². The molecule has 4 heteroatoms. The third-order valence-electron chi connectivity index (χ3n) is 9.03. The summed E-state index contributed by atoms with van der Waals surface area (Å²) in [5.41, 5.74) is 1.81. The SMILES string of the molecule is CCCCCCC(=O)O.C[C@]12CC[C@H](O)CC1=CC[C@@H]1[C@@H]2CC[C@]2(C)C(=O)CC[C@@H]12. The van der Waals surface area contributed by atoms with Gasteiger partial charge in [-0.2, -0.15) is 0 Å². The lowest BCUT2D eigenvalue weighted by Gasteiger charge is -2.56. The molecule has 0 bridgehead atoms. The summed E-state index contributed by atoms with van der Waals surface area (Å²) in [6.07, 6.45) is 15.3. The first kappa shape index (κ1) is 23.5. The van der Waals surface area contributed by atoms with Crippen molar-refractivity contribution < 1.29 is 19.8 Å². The molecule has 0 aromatic carbocycles. The minimum atomic E-state index is -0.675. The number of aliphatic carboxylic acids is 1. The highest BCUT2D eigenvalue weighted by Crippen LogP contribution is 2.63. The molecule has 3 fully saturated rings. The van der Waals surface area contributed by atoms with Crippen LogP contribution < -0.4 is 0 Å². The predicted molar refractivity (Wildman–Crippen MR) is 119 cm³/mol. The van der Waals surface area contributed by atoms with Crippen LogP contribution in [0.15, 0.2) is 11.6 Å². The van der Waals surface area contributed by atoms with Crippen LogP contribution in [0, 0.1) is 28.6 Å². The second-order valence-electron chi connectivity index (χ2n) is 10.8. The van der Waals surface area contributed by atoms with Gasteiger partial charge in [0.25, 0.3) is 0 Å². The number of allylic oxidation sites excluding steroid dienone is 1. The number of ketones is 1. The molecule has 30 heavy (non-hydrogen) atoms. The maximum atomic E-state index is 12.4. The van der Waals surface area contributed by atoms with Crippen molar-refractivity contribution >= 4 is 11.8 Å². The molecule has 0 aromatic heterocycles. The average molecular weight is 419 g/mol. The van der Waals surface area contributed by atoms with Crippen molar-refractivity contribution in [1.82, 2.24) is 0 Å². The van der Waals surface area contributed by atoms with E-state index in [4.69, 9.17) is 5.11 Å². The Labute approximate surface area is 182 Å². The van der Waals surface area contributed by atoms with Crippen molar-refractivity contribution in [3.8, 4) is 0 Å². The van der Waals surface area contributed by atoms with Gasteiger partial charge in [-0.05, 0) is 74.5 Å². The highest BCUT2D eigenvalue weighted by atomic mass is 16.4. The van der Waals surface area contributed by atoms with Gasteiger partial charge in [-0.1, -0.05) is 51.7 Å². The highest BCUT2D eigenvalue weighted by Gasteiger charge is 2.58.